The van der Waals surface area contributed by atoms with Gasteiger partial charge in [-0.2, -0.15) is 0 Å². The Labute approximate surface area is 132 Å². The molecule has 0 bridgehead atoms. The first kappa shape index (κ1) is 14.5. The summed E-state index contributed by atoms with van der Waals surface area (Å²) in [4.78, 5) is 1.72. The average Bonchev–Trinajstić information content (AvgIpc) is 2.70. The van der Waals surface area contributed by atoms with Crippen molar-refractivity contribution in [3.05, 3.63) is 19.2 Å². The summed E-state index contributed by atoms with van der Waals surface area (Å²) in [5.74, 6) is 1.11. The van der Waals surface area contributed by atoms with Gasteiger partial charge in [-0.3, -0.25) is 0 Å². The van der Waals surface area contributed by atoms with Gasteiger partial charge >= 0.3 is 0 Å². The van der Waals surface area contributed by atoms with Gasteiger partial charge < -0.3 is 4.74 Å². The topological polar surface area (TPSA) is 9.23 Å². The number of hydrogen-bond acceptors (Lipinski definition) is 2. The first-order valence-electron chi connectivity index (χ1n) is 5.66. The lowest BCUT2D eigenvalue weighted by Crippen LogP contribution is -2.21. The van der Waals surface area contributed by atoms with Crippen molar-refractivity contribution in [2.45, 2.75) is 37.8 Å². The molecule has 1 nitrogen and oxygen atoms in total. The molecule has 5 unspecified atom stereocenters. The molecule has 2 rings (SSSR count). The van der Waals surface area contributed by atoms with Crippen molar-refractivity contribution < 1.29 is 4.74 Å². The fourth-order valence-corrected chi connectivity index (χ4v) is 5.94. The minimum absolute atomic E-state index is 0.309. The molecular formula is C12H15Br3OS. The third kappa shape index (κ3) is 2.83. The number of rotatable bonds is 2. The number of thiophene rings is 1. The second-order valence-corrected chi connectivity index (χ2v) is 8.90. The molecule has 0 aliphatic carbocycles. The van der Waals surface area contributed by atoms with Crippen LogP contribution in [0.1, 0.15) is 30.5 Å². The molecule has 0 radical (unpaired) electrons. The molecule has 2 heterocycles. The molecule has 17 heavy (non-hydrogen) atoms. The number of ether oxygens (including phenoxy) is 1. The third-order valence-electron chi connectivity index (χ3n) is 3.59. The summed E-state index contributed by atoms with van der Waals surface area (Å²) in [5, 5.41) is 0. The lowest BCUT2D eigenvalue weighted by atomic mass is 9.86. The van der Waals surface area contributed by atoms with Crippen LogP contribution in [-0.2, 0) is 4.74 Å². The van der Waals surface area contributed by atoms with Crippen molar-refractivity contribution in [3.8, 4) is 0 Å². The monoisotopic (exact) mass is 444 g/mol. The predicted octanol–water partition coefficient (Wildman–Crippen LogP) is 5.77. The molecule has 5 heteroatoms. The molecule has 5 atom stereocenters. The van der Waals surface area contributed by atoms with Crippen LogP contribution in [0, 0.1) is 11.8 Å². The molecule has 1 fully saturated rings. The van der Waals surface area contributed by atoms with E-state index in [2.05, 4.69) is 74.6 Å². The molecule has 1 aliphatic rings. The summed E-state index contributed by atoms with van der Waals surface area (Å²) >= 11 is 12.7. The third-order valence-corrected chi connectivity index (χ3v) is 8.34. The molecular weight excluding hydrogens is 432 g/mol. The van der Waals surface area contributed by atoms with E-state index >= 15 is 0 Å². The van der Waals surface area contributed by atoms with Gasteiger partial charge in [0.2, 0.25) is 0 Å². The van der Waals surface area contributed by atoms with Crippen LogP contribution in [0.15, 0.2) is 14.3 Å². The summed E-state index contributed by atoms with van der Waals surface area (Å²) in [7, 11) is 0. The first-order chi connectivity index (χ1) is 7.91. The molecule has 0 saturated carbocycles. The quantitative estimate of drug-likeness (QED) is 0.524. The van der Waals surface area contributed by atoms with Crippen LogP contribution < -0.4 is 0 Å². The highest BCUT2D eigenvalue weighted by Gasteiger charge is 2.41. The molecule has 1 aromatic rings. The summed E-state index contributed by atoms with van der Waals surface area (Å²) < 4.78 is 8.21. The Morgan fingerprint density at radius 1 is 1.24 bits per heavy atom. The largest absolute Gasteiger partial charge is 0.375 e. The van der Waals surface area contributed by atoms with E-state index in [0.717, 1.165) is 8.26 Å². The highest BCUT2D eigenvalue weighted by atomic mass is 79.9. The van der Waals surface area contributed by atoms with Gasteiger partial charge in [0.25, 0.3) is 0 Å². The predicted molar refractivity (Wildman–Crippen MR) is 84.1 cm³/mol. The van der Waals surface area contributed by atoms with E-state index in [1.54, 1.807) is 11.3 Å². The summed E-state index contributed by atoms with van der Waals surface area (Å²) in [6, 6.07) is 2.19. The van der Waals surface area contributed by atoms with Gasteiger partial charge in [0.05, 0.1) is 20.8 Å². The lowest BCUT2D eigenvalue weighted by molar-refractivity contribution is 0.0511. The Hall–Kier alpha value is 1.10. The van der Waals surface area contributed by atoms with E-state index in [0.29, 0.717) is 28.9 Å². The molecule has 0 spiro atoms. The van der Waals surface area contributed by atoms with E-state index in [9.17, 15) is 0 Å². The van der Waals surface area contributed by atoms with Crippen LogP contribution in [0.25, 0.3) is 0 Å². The van der Waals surface area contributed by atoms with Crippen LogP contribution in [-0.4, -0.2) is 12.2 Å². The summed E-state index contributed by atoms with van der Waals surface area (Å²) in [6.45, 7) is 6.63. The Kier molecular flexibility index (Phi) is 4.79. The van der Waals surface area contributed by atoms with Gasteiger partial charge in [0.15, 0.2) is 0 Å². The minimum atomic E-state index is 0.309. The van der Waals surface area contributed by atoms with Crippen molar-refractivity contribution >= 4 is 59.1 Å². The van der Waals surface area contributed by atoms with E-state index in [4.69, 9.17) is 4.74 Å². The maximum atomic E-state index is 5.92. The summed E-state index contributed by atoms with van der Waals surface area (Å²) in [5.41, 5.74) is 0. The van der Waals surface area contributed by atoms with Gasteiger partial charge in [-0.05, 0) is 57.7 Å². The van der Waals surface area contributed by atoms with Crippen LogP contribution in [0.5, 0.6) is 0 Å². The lowest BCUT2D eigenvalue weighted by Gasteiger charge is -2.23. The Morgan fingerprint density at radius 2 is 1.88 bits per heavy atom. The van der Waals surface area contributed by atoms with E-state index < -0.39 is 0 Å². The van der Waals surface area contributed by atoms with E-state index in [-0.39, 0.29) is 0 Å². The van der Waals surface area contributed by atoms with E-state index in [1.165, 1.54) is 4.88 Å². The molecule has 1 aromatic heterocycles. The van der Waals surface area contributed by atoms with Crippen LogP contribution in [0.2, 0.25) is 0 Å². The van der Waals surface area contributed by atoms with Gasteiger partial charge in [0.1, 0.15) is 0 Å². The van der Waals surface area contributed by atoms with Crippen molar-refractivity contribution in [1.29, 1.82) is 0 Å². The normalized spacial score (nSPS) is 35.2. The Morgan fingerprint density at radius 3 is 2.29 bits per heavy atom. The van der Waals surface area contributed by atoms with Crippen LogP contribution in [0.4, 0.5) is 0 Å². The number of alkyl halides is 1. The fraction of sp³-hybridized carbons (Fsp3) is 0.667. The standard InChI is InChI=1S/C12H15Br3OS/c1-5-6(2)16-7(3)10(5)11(14)9-4-8(13)12(15)17-9/h4-7,10-11H,1-3H3. The molecule has 0 amide bonds. The van der Waals surface area contributed by atoms with Gasteiger partial charge in [0, 0.05) is 15.3 Å². The zero-order valence-electron chi connectivity index (χ0n) is 9.91. The second kappa shape index (κ2) is 5.61. The zero-order valence-corrected chi connectivity index (χ0v) is 15.5. The van der Waals surface area contributed by atoms with Gasteiger partial charge in [-0.1, -0.05) is 22.9 Å². The maximum absolute atomic E-state index is 5.92. The highest BCUT2D eigenvalue weighted by molar-refractivity contribution is 9.13. The zero-order chi connectivity index (χ0) is 12.7. The number of hydrogen-bond donors (Lipinski definition) is 0. The Balaban J connectivity index is 2.22. The molecule has 0 aromatic carbocycles. The van der Waals surface area contributed by atoms with E-state index in [1.807, 2.05) is 0 Å². The highest BCUT2D eigenvalue weighted by Crippen LogP contribution is 2.48. The van der Waals surface area contributed by atoms with Crippen molar-refractivity contribution in [2.75, 3.05) is 0 Å². The molecule has 1 aliphatic heterocycles. The second-order valence-electron chi connectivity index (χ2n) is 4.65. The first-order valence-corrected chi connectivity index (χ1v) is 8.98. The smallest absolute Gasteiger partial charge is 0.0843 e. The van der Waals surface area contributed by atoms with Crippen molar-refractivity contribution in [3.63, 3.8) is 0 Å². The maximum Gasteiger partial charge on any atom is 0.0843 e. The Bertz CT molecular complexity index is 387. The number of halogens is 3. The van der Waals surface area contributed by atoms with Gasteiger partial charge in [-0.25, -0.2) is 0 Å². The van der Waals surface area contributed by atoms with Crippen LogP contribution >= 0.6 is 59.1 Å². The minimum Gasteiger partial charge on any atom is -0.375 e. The molecule has 0 N–H and O–H groups in total. The fourth-order valence-electron chi connectivity index (χ4n) is 2.49. The molecule has 96 valence electrons. The van der Waals surface area contributed by atoms with Crippen molar-refractivity contribution in [2.24, 2.45) is 11.8 Å². The molecule has 1 saturated heterocycles. The summed E-state index contributed by atoms with van der Waals surface area (Å²) in [6.07, 6.45) is 0.658. The SMILES string of the molecule is CC1OC(C)C(C(Br)c2cc(Br)c(Br)s2)C1C. The van der Waals surface area contributed by atoms with Gasteiger partial charge in [-0.15, -0.1) is 11.3 Å². The van der Waals surface area contributed by atoms with Crippen molar-refractivity contribution in [1.82, 2.24) is 0 Å². The van der Waals surface area contributed by atoms with Crippen LogP contribution in [0.3, 0.4) is 0 Å². The average molecular weight is 447 g/mol.